The molecule has 0 spiro atoms. The van der Waals surface area contributed by atoms with E-state index >= 15 is 0 Å². The molecule has 4 heteroatoms. The highest BCUT2D eigenvalue weighted by Gasteiger charge is 2.22. The van der Waals surface area contributed by atoms with Crippen LogP contribution in [0.1, 0.15) is 30.9 Å². The van der Waals surface area contributed by atoms with Crippen LogP contribution in [-0.2, 0) is 4.79 Å². The summed E-state index contributed by atoms with van der Waals surface area (Å²) in [6.45, 7) is 8.66. The normalized spacial score (nSPS) is 21.9. The number of rotatable bonds is 5. The van der Waals surface area contributed by atoms with Crippen molar-refractivity contribution in [3.05, 3.63) is 29.3 Å². The third-order valence-electron chi connectivity index (χ3n) is 4.25. The molecule has 0 bridgehead atoms. The molecule has 1 saturated heterocycles. The summed E-state index contributed by atoms with van der Waals surface area (Å²) in [5.41, 5.74) is 2.46. The van der Waals surface area contributed by atoms with Gasteiger partial charge < -0.3 is 15.4 Å². The number of hydrogen-bond acceptors (Lipinski definition) is 3. The molecule has 0 aliphatic carbocycles. The summed E-state index contributed by atoms with van der Waals surface area (Å²) in [6, 6.07) is 6.25. The highest BCUT2D eigenvalue weighted by atomic mass is 16.5. The molecule has 2 unspecified atom stereocenters. The van der Waals surface area contributed by atoms with Crippen molar-refractivity contribution in [3.8, 4) is 5.75 Å². The molecule has 1 heterocycles. The maximum absolute atomic E-state index is 11.9. The number of aryl methyl sites for hydroxylation is 2. The van der Waals surface area contributed by atoms with Crippen molar-refractivity contribution >= 4 is 5.91 Å². The van der Waals surface area contributed by atoms with Gasteiger partial charge in [0.05, 0.1) is 13.0 Å². The zero-order valence-corrected chi connectivity index (χ0v) is 13.2. The molecule has 1 fully saturated rings. The molecule has 2 rings (SSSR count). The Balaban J connectivity index is 1.72. The first kappa shape index (κ1) is 15.8. The first-order chi connectivity index (χ1) is 10.1. The van der Waals surface area contributed by atoms with Crippen molar-refractivity contribution in [2.45, 2.75) is 39.7 Å². The fourth-order valence-corrected chi connectivity index (χ4v) is 2.53. The molecule has 2 atom stereocenters. The number of ether oxygens (including phenoxy) is 1. The maximum atomic E-state index is 11.9. The van der Waals surface area contributed by atoms with Gasteiger partial charge in [-0.05, 0) is 56.0 Å². The van der Waals surface area contributed by atoms with Crippen molar-refractivity contribution < 1.29 is 9.53 Å². The lowest BCUT2D eigenvalue weighted by atomic mass is 9.95. The molecular formula is C17H26N2O2. The number of nitrogens with one attached hydrogen (secondary N) is 2. The third kappa shape index (κ3) is 4.74. The highest BCUT2D eigenvalue weighted by molar-refractivity contribution is 5.76. The number of benzene rings is 1. The Bertz CT molecular complexity index is 488. The predicted molar refractivity (Wildman–Crippen MR) is 84.6 cm³/mol. The van der Waals surface area contributed by atoms with E-state index in [9.17, 15) is 4.79 Å². The van der Waals surface area contributed by atoms with Crippen LogP contribution in [0.3, 0.4) is 0 Å². The van der Waals surface area contributed by atoms with Crippen molar-refractivity contribution in [2.75, 3.05) is 19.7 Å². The van der Waals surface area contributed by atoms with E-state index in [4.69, 9.17) is 4.74 Å². The first-order valence-electron chi connectivity index (χ1n) is 7.76. The molecule has 4 nitrogen and oxygen atoms in total. The second kappa shape index (κ2) is 7.46. The van der Waals surface area contributed by atoms with E-state index in [0.717, 1.165) is 25.3 Å². The minimum atomic E-state index is 0.0689. The zero-order chi connectivity index (χ0) is 15.2. The van der Waals surface area contributed by atoms with Gasteiger partial charge >= 0.3 is 0 Å². The van der Waals surface area contributed by atoms with Crippen LogP contribution < -0.4 is 15.4 Å². The second-order valence-electron chi connectivity index (χ2n) is 5.99. The molecule has 1 aromatic rings. The van der Waals surface area contributed by atoms with Crippen LogP contribution >= 0.6 is 0 Å². The summed E-state index contributed by atoms with van der Waals surface area (Å²) in [5.74, 6) is 1.44. The molecule has 1 aliphatic rings. The van der Waals surface area contributed by atoms with Crippen molar-refractivity contribution in [2.24, 2.45) is 5.92 Å². The summed E-state index contributed by atoms with van der Waals surface area (Å²) < 4.78 is 5.65. The molecule has 1 aromatic carbocycles. The summed E-state index contributed by atoms with van der Waals surface area (Å²) in [7, 11) is 0. The van der Waals surface area contributed by atoms with E-state index in [1.807, 2.05) is 18.2 Å². The van der Waals surface area contributed by atoms with Crippen molar-refractivity contribution in [1.29, 1.82) is 0 Å². The first-order valence-corrected chi connectivity index (χ1v) is 7.76. The standard InChI is InChI=1S/C17H26N2O2/c1-12-4-5-15(10-14(12)3)21-9-7-17(20)19-16-11-18-8-6-13(16)2/h4-5,10,13,16,18H,6-9,11H2,1-3H3,(H,19,20). The van der Waals surface area contributed by atoms with E-state index < -0.39 is 0 Å². The van der Waals surface area contributed by atoms with Gasteiger partial charge in [0.15, 0.2) is 0 Å². The fraction of sp³-hybridized carbons (Fsp3) is 0.588. The van der Waals surface area contributed by atoms with Crippen molar-refractivity contribution in [1.82, 2.24) is 10.6 Å². The molecule has 0 radical (unpaired) electrons. The lowest BCUT2D eigenvalue weighted by Crippen LogP contribution is -2.50. The lowest BCUT2D eigenvalue weighted by molar-refractivity contribution is -0.122. The molecule has 0 saturated carbocycles. The number of carbonyl (C=O) groups excluding carboxylic acids is 1. The summed E-state index contributed by atoms with van der Waals surface area (Å²) in [5, 5.41) is 6.41. The molecule has 1 amide bonds. The Morgan fingerprint density at radius 3 is 2.90 bits per heavy atom. The van der Waals surface area contributed by atoms with Gasteiger partial charge in [0, 0.05) is 12.6 Å². The second-order valence-corrected chi connectivity index (χ2v) is 5.99. The van der Waals surface area contributed by atoms with Crippen LogP contribution in [0.4, 0.5) is 0 Å². The van der Waals surface area contributed by atoms with Gasteiger partial charge in [0.25, 0.3) is 0 Å². The number of piperidine rings is 1. The van der Waals surface area contributed by atoms with Gasteiger partial charge in [-0.2, -0.15) is 0 Å². The Labute approximate surface area is 127 Å². The molecular weight excluding hydrogens is 264 g/mol. The number of amides is 1. The highest BCUT2D eigenvalue weighted by Crippen LogP contribution is 2.16. The molecule has 21 heavy (non-hydrogen) atoms. The van der Waals surface area contributed by atoms with E-state index in [1.54, 1.807) is 0 Å². The summed E-state index contributed by atoms with van der Waals surface area (Å²) >= 11 is 0. The molecule has 116 valence electrons. The number of carbonyl (C=O) groups is 1. The largest absolute Gasteiger partial charge is 0.493 e. The molecule has 2 N–H and O–H groups in total. The molecule has 1 aliphatic heterocycles. The van der Waals surface area contributed by atoms with Gasteiger partial charge in [-0.3, -0.25) is 4.79 Å². The Hall–Kier alpha value is -1.55. The minimum Gasteiger partial charge on any atom is -0.493 e. The Morgan fingerprint density at radius 2 is 2.19 bits per heavy atom. The van der Waals surface area contributed by atoms with E-state index in [-0.39, 0.29) is 11.9 Å². The van der Waals surface area contributed by atoms with Crippen LogP contribution in [-0.4, -0.2) is 31.6 Å². The van der Waals surface area contributed by atoms with Gasteiger partial charge in [-0.15, -0.1) is 0 Å². The minimum absolute atomic E-state index is 0.0689. The smallest absolute Gasteiger partial charge is 0.223 e. The van der Waals surface area contributed by atoms with Gasteiger partial charge in [0.1, 0.15) is 5.75 Å². The van der Waals surface area contributed by atoms with Crippen molar-refractivity contribution in [3.63, 3.8) is 0 Å². The van der Waals surface area contributed by atoms with E-state index in [2.05, 4.69) is 31.4 Å². The third-order valence-corrected chi connectivity index (χ3v) is 4.25. The quantitative estimate of drug-likeness (QED) is 0.874. The van der Waals surface area contributed by atoms with Crippen LogP contribution in [0, 0.1) is 19.8 Å². The van der Waals surface area contributed by atoms with Crippen LogP contribution in [0.2, 0.25) is 0 Å². The Morgan fingerprint density at radius 1 is 1.38 bits per heavy atom. The van der Waals surface area contributed by atoms with Crippen LogP contribution in [0.5, 0.6) is 5.75 Å². The maximum Gasteiger partial charge on any atom is 0.223 e. The molecule has 0 aromatic heterocycles. The summed E-state index contributed by atoms with van der Waals surface area (Å²) in [4.78, 5) is 11.9. The van der Waals surface area contributed by atoms with Gasteiger partial charge in [-0.1, -0.05) is 13.0 Å². The topological polar surface area (TPSA) is 50.4 Å². The predicted octanol–water partition coefficient (Wildman–Crippen LogP) is 2.19. The SMILES string of the molecule is Cc1ccc(OCCC(=O)NC2CNCCC2C)cc1C. The Kier molecular flexibility index (Phi) is 5.62. The number of hydrogen-bond donors (Lipinski definition) is 2. The van der Waals surface area contributed by atoms with Gasteiger partial charge in [0.2, 0.25) is 5.91 Å². The van der Waals surface area contributed by atoms with Gasteiger partial charge in [-0.25, -0.2) is 0 Å². The van der Waals surface area contributed by atoms with Crippen LogP contribution in [0.15, 0.2) is 18.2 Å². The van der Waals surface area contributed by atoms with E-state index in [0.29, 0.717) is 18.9 Å². The zero-order valence-electron chi connectivity index (χ0n) is 13.2. The fourth-order valence-electron chi connectivity index (χ4n) is 2.53. The lowest BCUT2D eigenvalue weighted by Gasteiger charge is -2.30. The monoisotopic (exact) mass is 290 g/mol. The average molecular weight is 290 g/mol. The van der Waals surface area contributed by atoms with Crippen LogP contribution in [0.25, 0.3) is 0 Å². The average Bonchev–Trinajstić information content (AvgIpc) is 2.45. The summed E-state index contributed by atoms with van der Waals surface area (Å²) in [6.07, 6.45) is 1.51. The van der Waals surface area contributed by atoms with E-state index in [1.165, 1.54) is 11.1 Å².